The Balaban J connectivity index is 1.37. The number of carbonyl (C=O) groups excluding carboxylic acids is 1. The average molecular weight is 472 g/mol. The molecule has 1 amide bonds. The number of aromatic nitrogens is 3. The summed E-state index contributed by atoms with van der Waals surface area (Å²) < 4.78 is 29.1. The number of rotatable bonds is 6. The van der Waals surface area contributed by atoms with Crippen LogP contribution < -0.4 is 5.32 Å². The summed E-state index contributed by atoms with van der Waals surface area (Å²) in [5.74, 6) is -0.140. The molecule has 2 atom stereocenters. The molecule has 1 aromatic carbocycles. The third-order valence-electron chi connectivity index (χ3n) is 6.59. The minimum atomic E-state index is -3.66. The summed E-state index contributed by atoms with van der Waals surface area (Å²) in [7, 11) is -1.92. The van der Waals surface area contributed by atoms with Crippen molar-refractivity contribution < 1.29 is 13.2 Å². The molecule has 1 saturated carbocycles. The molecule has 1 aliphatic carbocycles. The number of hydrogen-bond acceptors (Lipinski definition) is 5. The van der Waals surface area contributed by atoms with Gasteiger partial charge < -0.3 is 9.88 Å². The molecule has 10 heteroatoms. The van der Waals surface area contributed by atoms with E-state index in [9.17, 15) is 13.2 Å². The second kappa shape index (κ2) is 7.68. The van der Waals surface area contributed by atoms with Crippen LogP contribution in [0.2, 0.25) is 5.02 Å². The fourth-order valence-corrected chi connectivity index (χ4v) is 6.57. The van der Waals surface area contributed by atoms with Gasteiger partial charge in [0.1, 0.15) is 0 Å². The molecule has 5 rings (SSSR count). The van der Waals surface area contributed by atoms with Crippen LogP contribution in [0, 0.1) is 11.8 Å². The molecule has 1 N–H and O–H groups in total. The second-order valence-electron chi connectivity index (χ2n) is 8.33. The minimum absolute atomic E-state index is 0.0526. The lowest BCUT2D eigenvalue weighted by molar-refractivity contribution is 0.0947. The largest absolute Gasteiger partial charge is 0.351 e. The molecular formula is C22H22ClN5O3S. The SMILES string of the molecule is Cn1cnc(S(=O)(=O)N2CC3C(C2)C3(CNC(=O)c2ccccc2Cl)c2ccccn2)c1. The highest BCUT2D eigenvalue weighted by molar-refractivity contribution is 7.89. The van der Waals surface area contributed by atoms with Crippen LogP contribution in [-0.4, -0.2) is 52.8 Å². The monoisotopic (exact) mass is 471 g/mol. The molecule has 2 unspecified atom stereocenters. The normalized spacial score (nSPS) is 24.8. The van der Waals surface area contributed by atoms with Gasteiger partial charge in [-0.15, -0.1) is 0 Å². The van der Waals surface area contributed by atoms with E-state index in [0.717, 1.165) is 5.69 Å². The van der Waals surface area contributed by atoms with E-state index in [2.05, 4.69) is 15.3 Å². The van der Waals surface area contributed by atoms with Crippen LogP contribution >= 0.6 is 11.6 Å². The molecule has 2 aromatic heterocycles. The van der Waals surface area contributed by atoms with Crippen LogP contribution in [0.15, 0.2) is 66.2 Å². The zero-order chi connectivity index (χ0) is 22.5. The van der Waals surface area contributed by atoms with Crippen LogP contribution in [0.4, 0.5) is 0 Å². The van der Waals surface area contributed by atoms with E-state index in [4.69, 9.17) is 11.6 Å². The molecule has 3 aromatic rings. The number of halogens is 1. The number of nitrogens with zero attached hydrogens (tertiary/aromatic N) is 4. The quantitative estimate of drug-likeness (QED) is 0.593. The van der Waals surface area contributed by atoms with Crippen molar-refractivity contribution >= 4 is 27.5 Å². The molecule has 0 bridgehead atoms. The molecule has 3 heterocycles. The van der Waals surface area contributed by atoms with E-state index in [1.165, 1.54) is 16.8 Å². The standard InChI is InChI=1S/C22H22ClN5O3S/c1-27-12-20(26-14-27)32(30,31)28-10-16-17(11-28)22(16,19-8-4-5-9-24-19)13-25-21(29)15-6-2-3-7-18(15)23/h2-9,12,14,16-17H,10-11,13H2,1H3,(H,25,29). The van der Waals surface area contributed by atoms with E-state index >= 15 is 0 Å². The van der Waals surface area contributed by atoms with Crippen molar-refractivity contribution in [3.63, 3.8) is 0 Å². The lowest BCUT2D eigenvalue weighted by atomic mass is 9.94. The Morgan fingerprint density at radius 1 is 1.16 bits per heavy atom. The first-order chi connectivity index (χ1) is 15.3. The fourth-order valence-electron chi connectivity index (χ4n) is 4.89. The van der Waals surface area contributed by atoms with Crippen LogP contribution in [0.25, 0.3) is 0 Å². The molecule has 2 fully saturated rings. The Morgan fingerprint density at radius 2 is 1.88 bits per heavy atom. The van der Waals surface area contributed by atoms with Gasteiger partial charge in [0.15, 0.2) is 5.03 Å². The van der Waals surface area contributed by atoms with Gasteiger partial charge in [-0.3, -0.25) is 9.78 Å². The summed E-state index contributed by atoms with van der Waals surface area (Å²) in [6.07, 6.45) is 4.71. The molecule has 32 heavy (non-hydrogen) atoms. The van der Waals surface area contributed by atoms with E-state index < -0.39 is 15.4 Å². The predicted molar refractivity (Wildman–Crippen MR) is 119 cm³/mol. The van der Waals surface area contributed by atoms with Crippen molar-refractivity contribution in [2.24, 2.45) is 18.9 Å². The topological polar surface area (TPSA) is 97.2 Å². The van der Waals surface area contributed by atoms with Gasteiger partial charge in [-0.25, -0.2) is 13.4 Å². The Labute approximate surface area is 191 Å². The smallest absolute Gasteiger partial charge is 0.262 e. The number of sulfonamides is 1. The zero-order valence-corrected chi connectivity index (χ0v) is 18.9. The molecule has 1 saturated heterocycles. The average Bonchev–Trinajstić information content (AvgIpc) is 3.13. The van der Waals surface area contributed by atoms with Gasteiger partial charge in [-0.05, 0) is 36.1 Å². The maximum Gasteiger partial charge on any atom is 0.262 e. The maximum absolute atomic E-state index is 13.0. The Kier molecular flexibility index (Phi) is 5.07. The number of benzene rings is 1. The van der Waals surface area contributed by atoms with Crippen molar-refractivity contribution in [1.29, 1.82) is 0 Å². The number of piperidine rings is 1. The number of aryl methyl sites for hydroxylation is 1. The minimum Gasteiger partial charge on any atom is -0.351 e. The number of fused-ring (bicyclic) bond motifs is 1. The van der Waals surface area contributed by atoms with Crippen LogP contribution in [-0.2, 0) is 22.5 Å². The molecule has 8 nitrogen and oxygen atoms in total. The van der Waals surface area contributed by atoms with Gasteiger partial charge in [-0.2, -0.15) is 4.31 Å². The maximum atomic E-state index is 13.0. The predicted octanol–water partition coefficient (Wildman–Crippen LogP) is 2.09. The number of hydrogen-bond donors (Lipinski definition) is 1. The van der Waals surface area contributed by atoms with Gasteiger partial charge in [0.05, 0.1) is 16.9 Å². The van der Waals surface area contributed by atoms with Gasteiger partial charge in [0.25, 0.3) is 15.9 Å². The lowest BCUT2D eigenvalue weighted by Crippen LogP contribution is -2.41. The molecular weight excluding hydrogens is 450 g/mol. The van der Waals surface area contributed by atoms with Gasteiger partial charge >= 0.3 is 0 Å². The van der Waals surface area contributed by atoms with E-state index in [1.54, 1.807) is 42.1 Å². The van der Waals surface area contributed by atoms with Crippen molar-refractivity contribution in [3.8, 4) is 0 Å². The van der Waals surface area contributed by atoms with Gasteiger partial charge in [-0.1, -0.05) is 29.8 Å². The number of amides is 1. The third-order valence-corrected chi connectivity index (χ3v) is 8.63. The van der Waals surface area contributed by atoms with Crippen molar-refractivity contribution in [2.45, 2.75) is 10.4 Å². The number of imidazole rings is 1. The fraction of sp³-hybridized carbons (Fsp3) is 0.318. The summed E-state index contributed by atoms with van der Waals surface area (Å²) in [4.78, 5) is 21.3. The van der Waals surface area contributed by atoms with Crippen molar-refractivity contribution in [3.05, 3.63) is 77.5 Å². The summed E-state index contributed by atoms with van der Waals surface area (Å²) in [5.41, 5.74) is 0.869. The summed E-state index contributed by atoms with van der Waals surface area (Å²) >= 11 is 6.17. The van der Waals surface area contributed by atoms with Gasteiger partial charge in [0, 0.05) is 50.2 Å². The summed E-state index contributed by atoms with van der Waals surface area (Å²) in [6, 6.07) is 12.6. The van der Waals surface area contributed by atoms with Crippen LogP contribution in [0.5, 0.6) is 0 Å². The first-order valence-electron chi connectivity index (χ1n) is 10.3. The van der Waals surface area contributed by atoms with Gasteiger partial charge in [0.2, 0.25) is 0 Å². The molecule has 0 radical (unpaired) electrons. The number of nitrogens with one attached hydrogen (secondary N) is 1. The molecule has 166 valence electrons. The first-order valence-corrected chi connectivity index (χ1v) is 12.1. The Bertz CT molecular complexity index is 1270. The zero-order valence-electron chi connectivity index (χ0n) is 17.3. The molecule has 2 aliphatic rings. The number of pyridine rings is 1. The second-order valence-corrected chi connectivity index (χ2v) is 10.6. The van der Waals surface area contributed by atoms with Crippen molar-refractivity contribution in [1.82, 2.24) is 24.2 Å². The van der Waals surface area contributed by atoms with Crippen molar-refractivity contribution in [2.75, 3.05) is 19.6 Å². The number of carbonyl (C=O) groups is 1. The lowest BCUT2D eigenvalue weighted by Gasteiger charge is -2.26. The molecule has 1 aliphatic heterocycles. The van der Waals surface area contributed by atoms with E-state index in [-0.39, 0.29) is 22.8 Å². The van der Waals surface area contributed by atoms with Crippen LogP contribution in [0.1, 0.15) is 16.1 Å². The Morgan fingerprint density at radius 3 is 2.50 bits per heavy atom. The van der Waals surface area contributed by atoms with E-state index in [1.807, 2.05) is 18.2 Å². The highest BCUT2D eigenvalue weighted by Crippen LogP contribution is 2.63. The summed E-state index contributed by atoms with van der Waals surface area (Å²) in [5, 5.41) is 3.45. The Hall–Kier alpha value is -2.75. The molecule has 0 spiro atoms. The van der Waals surface area contributed by atoms with E-state index in [0.29, 0.717) is 30.2 Å². The highest BCUT2D eigenvalue weighted by Gasteiger charge is 2.70. The first kappa shape index (κ1) is 21.1. The van der Waals surface area contributed by atoms with Crippen LogP contribution in [0.3, 0.4) is 0 Å². The third kappa shape index (κ3) is 3.32. The summed E-state index contributed by atoms with van der Waals surface area (Å²) in [6.45, 7) is 1.09. The highest BCUT2D eigenvalue weighted by atomic mass is 35.5.